The standard InChI is InChI=1S/C17H27N.C9H12/c1-12(2)18-15-10-13(16(3,4)5)9-14(11-15)17(6,7)8;1-7-4-5-8(2)9(3)6-7/h9-11,18H,1H2,2-8H3;4-6H,1-3H3. The minimum atomic E-state index is 0.159. The van der Waals surface area contributed by atoms with E-state index in [1.165, 1.54) is 27.8 Å². The molecule has 0 radical (unpaired) electrons. The third-order valence-electron chi connectivity index (χ3n) is 4.69. The maximum Gasteiger partial charge on any atom is 0.0387 e. The van der Waals surface area contributed by atoms with Gasteiger partial charge in [-0.15, -0.1) is 0 Å². The van der Waals surface area contributed by atoms with Crippen molar-refractivity contribution in [3.8, 4) is 0 Å². The molecule has 0 aromatic heterocycles. The van der Waals surface area contributed by atoms with Crippen LogP contribution in [-0.4, -0.2) is 0 Å². The first-order chi connectivity index (χ1) is 12.2. The predicted molar refractivity (Wildman–Crippen MR) is 123 cm³/mol. The minimum absolute atomic E-state index is 0.159. The SMILES string of the molecule is C=C(C)Nc1cc(C(C)(C)C)cc(C(C)(C)C)c1.Cc1ccc(C)c(C)c1. The lowest BCUT2D eigenvalue weighted by atomic mass is 9.80. The quantitative estimate of drug-likeness (QED) is 0.571. The molecular formula is C26H39N. The molecule has 2 aromatic carbocycles. The molecule has 0 amide bonds. The molecule has 2 aromatic rings. The highest BCUT2D eigenvalue weighted by Crippen LogP contribution is 2.32. The maximum absolute atomic E-state index is 3.92. The van der Waals surface area contributed by atoms with E-state index in [9.17, 15) is 0 Å². The fraction of sp³-hybridized carbons (Fsp3) is 0.462. The van der Waals surface area contributed by atoms with Gasteiger partial charge in [0.05, 0.1) is 0 Å². The molecule has 148 valence electrons. The van der Waals surface area contributed by atoms with Crippen LogP contribution in [0.3, 0.4) is 0 Å². The van der Waals surface area contributed by atoms with Crippen molar-refractivity contribution in [2.45, 2.75) is 80.1 Å². The van der Waals surface area contributed by atoms with Crippen molar-refractivity contribution in [2.75, 3.05) is 5.32 Å². The Morgan fingerprint density at radius 2 is 1.22 bits per heavy atom. The molecule has 1 N–H and O–H groups in total. The Labute approximate surface area is 167 Å². The Morgan fingerprint density at radius 3 is 1.56 bits per heavy atom. The van der Waals surface area contributed by atoms with E-state index in [-0.39, 0.29) is 10.8 Å². The molecule has 0 unspecified atom stereocenters. The molecule has 0 bridgehead atoms. The molecule has 0 fully saturated rings. The zero-order valence-corrected chi connectivity index (χ0v) is 19.2. The first kappa shape index (κ1) is 23.0. The predicted octanol–water partition coefficient (Wildman–Crippen LogP) is 7.84. The summed E-state index contributed by atoms with van der Waals surface area (Å²) in [7, 11) is 0. The molecule has 27 heavy (non-hydrogen) atoms. The number of benzene rings is 2. The summed E-state index contributed by atoms with van der Waals surface area (Å²) >= 11 is 0. The molecule has 0 saturated carbocycles. The van der Waals surface area contributed by atoms with Gasteiger partial charge in [0.15, 0.2) is 0 Å². The van der Waals surface area contributed by atoms with Gasteiger partial charge in [0, 0.05) is 11.4 Å². The van der Waals surface area contributed by atoms with E-state index >= 15 is 0 Å². The van der Waals surface area contributed by atoms with Crippen molar-refractivity contribution in [1.29, 1.82) is 0 Å². The number of hydrogen-bond donors (Lipinski definition) is 1. The molecule has 0 spiro atoms. The van der Waals surface area contributed by atoms with Gasteiger partial charge in [-0.25, -0.2) is 0 Å². The van der Waals surface area contributed by atoms with Crippen LogP contribution >= 0.6 is 0 Å². The summed E-state index contributed by atoms with van der Waals surface area (Å²) in [5.41, 5.74) is 9.26. The zero-order chi connectivity index (χ0) is 21.0. The second-order valence-corrected chi connectivity index (χ2v) is 9.79. The first-order valence-corrected chi connectivity index (χ1v) is 9.82. The van der Waals surface area contributed by atoms with Gasteiger partial charge in [-0.3, -0.25) is 0 Å². The fourth-order valence-electron chi connectivity index (χ4n) is 2.70. The monoisotopic (exact) mass is 365 g/mol. The Balaban J connectivity index is 0.000000337. The van der Waals surface area contributed by atoms with E-state index in [1.807, 2.05) is 6.92 Å². The maximum atomic E-state index is 3.92. The highest BCUT2D eigenvalue weighted by Gasteiger charge is 2.20. The third kappa shape index (κ3) is 7.62. The van der Waals surface area contributed by atoms with E-state index in [0.717, 1.165) is 11.4 Å². The number of anilines is 1. The van der Waals surface area contributed by atoms with Crippen LogP contribution < -0.4 is 5.32 Å². The highest BCUT2D eigenvalue weighted by molar-refractivity contribution is 5.54. The van der Waals surface area contributed by atoms with E-state index in [1.54, 1.807) is 0 Å². The van der Waals surface area contributed by atoms with Gasteiger partial charge >= 0.3 is 0 Å². The summed E-state index contributed by atoms with van der Waals surface area (Å²) in [5, 5.41) is 3.34. The van der Waals surface area contributed by atoms with Crippen molar-refractivity contribution < 1.29 is 0 Å². The first-order valence-electron chi connectivity index (χ1n) is 9.82. The number of rotatable bonds is 2. The molecule has 0 aliphatic carbocycles. The van der Waals surface area contributed by atoms with Crippen molar-refractivity contribution in [3.05, 3.63) is 76.5 Å². The summed E-state index contributed by atoms with van der Waals surface area (Å²) in [6, 6.07) is 13.3. The summed E-state index contributed by atoms with van der Waals surface area (Å²) in [4.78, 5) is 0. The van der Waals surface area contributed by atoms with Crippen molar-refractivity contribution in [3.63, 3.8) is 0 Å². The highest BCUT2D eigenvalue weighted by atomic mass is 14.9. The number of allylic oxidation sites excluding steroid dienone is 1. The normalized spacial score (nSPS) is 11.5. The van der Waals surface area contributed by atoms with Gasteiger partial charge in [0.25, 0.3) is 0 Å². The molecule has 1 heteroatoms. The van der Waals surface area contributed by atoms with Crippen molar-refractivity contribution >= 4 is 5.69 Å². The third-order valence-corrected chi connectivity index (χ3v) is 4.69. The summed E-state index contributed by atoms with van der Waals surface area (Å²) in [6.45, 7) is 25.8. The van der Waals surface area contributed by atoms with Crippen LogP contribution in [0.2, 0.25) is 0 Å². The van der Waals surface area contributed by atoms with E-state index in [2.05, 4.69) is 111 Å². The number of hydrogen-bond acceptors (Lipinski definition) is 1. The van der Waals surface area contributed by atoms with Crippen LogP contribution in [0.4, 0.5) is 5.69 Å². The smallest absolute Gasteiger partial charge is 0.0387 e. The van der Waals surface area contributed by atoms with E-state index < -0.39 is 0 Å². The Bertz CT molecular complexity index is 751. The van der Waals surface area contributed by atoms with Crippen LogP contribution in [-0.2, 0) is 10.8 Å². The second-order valence-electron chi connectivity index (χ2n) is 9.79. The molecular weight excluding hydrogens is 326 g/mol. The van der Waals surface area contributed by atoms with Gasteiger partial charge in [-0.05, 0) is 72.9 Å². The lowest BCUT2D eigenvalue weighted by Gasteiger charge is -2.26. The molecule has 0 aliphatic heterocycles. The fourth-order valence-corrected chi connectivity index (χ4v) is 2.70. The topological polar surface area (TPSA) is 12.0 Å². The largest absolute Gasteiger partial charge is 0.360 e. The van der Waals surface area contributed by atoms with Crippen molar-refractivity contribution in [2.24, 2.45) is 0 Å². The Morgan fingerprint density at radius 1 is 0.741 bits per heavy atom. The second kappa shape index (κ2) is 8.78. The van der Waals surface area contributed by atoms with Gasteiger partial charge < -0.3 is 5.32 Å². The van der Waals surface area contributed by atoms with Gasteiger partial charge in [-0.1, -0.05) is 78.0 Å². The van der Waals surface area contributed by atoms with Crippen LogP contribution in [0.25, 0.3) is 0 Å². The number of nitrogens with one attached hydrogen (secondary N) is 1. The zero-order valence-electron chi connectivity index (χ0n) is 19.2. The van der Waals surface area contributed by atoms with Gasteiger partial charge in [0.2, 0.25) is 0 Å². The lowest BCUT2D eigenvalue weighted by Crippen LogP contribution is -2.17. The van der Waals surface area contributed by atoms with Gasteiger partial charge in [-0.2, -0.15) is 0 Å². The molecule has 0 aliphatic rings. The Hall–Kier alpha value is -2.02. The molecule has 0 atom stereocenters. The molecule has 0 heterocycles. The van der Waals surface area contributed by atoms with Crippen LogP contribution in [0.5, 0.6) is 0 Å². The average Bonchev–Trinajstić information content (AvgIpc) is 2.49. The van der Waals surface area contributed by atoms with Crippen molar-refractivity contribution in [1.82, 2.24) is 0 Å². The van der Waals surface area contributed by atoms with Gasteiger partial charge in [0.1, 0.15) is 0 Å². The summed E-state index contributed by atoms with van der Waals surface area (Å²) in [5.74, 6) is 0. The average molecular weight is 366 g/mol. The Kier molecular flexibility index (Phi) is 7.48. The lowest BCUT2D eigenvalue weighted by molar-refractivity contribution is 0.569. The minimum Gasteiger partial charge on any atom is -0.360 e. The summed E-state index contributed by atoms with van der Waals surface area (Å²) in [6.07, 6.45) is 0. The van der Waals surface area contributed by atoms with E-state index in [0.29, 0.717) is 0 Å². The van der Waals surface area contributed by atoms with E-state index in [4.69, 9.17) is 0 Å². The van der Waals surface area contributed by atoms with Crippen LogP contribution in [0, 0.1) is 20.8 Å². The van der Waals surface area contributed by atoms with Crippen LogP contribution in [0.15, 0.2) is 48.7 Å². The summed E-state index contributed by atoms with van der Waals surface area (Å²) < 4.78 is 0. The molecule has 2 rings (SSSR count). The van der Waals surface area contributed by atoms with Crippen LogP contribution in [0.1, 0.15) is 76.3 Å². The number of aryl methyl sites for hydroxylation is 3. The molecule has 1 nitrogen and oxygen atoms in total. The molecule has 0 saturated heterocycles.